The number of hydrogen-bond acceptors (Lipinski definition) is 0. The average Bonchev–Trinajstić information content (AvgIpc) is 2.39. The van der Waals surface area contributed by atoms with E-state index in [1.807, 2.05) is 0 Å². The molecule has 0 aliphatic carbocycles. The Morgan fingerprint density at radius 1 is 0.722 bits per heavy atom. The minimum Gasteiger partial charge on any atom is -1.00 e. The van der Waals surface area contributed by atoms with Gasteiger partial charge >= 0.3 is 0 Å². The van der Waals surface area contributed by atoms with Gasteiger partial charge in [0.1, 0.15) is 11.4 Å². The Hall–Kier alpha value is -1.31. The van der Waals surface area contributed by atoms with E-state index in [1.165, 1.54) is 11.4 Å². The molecule has 2 heteroatoms. The van der Waals surface area contributed by atoms with Crippen LogP contribution < -0.4 is 16.9 Å². The molecule has 0 aliphatic rings. The van der Waals surface area contributed by atoms with Crippen molar-refractivity contribution in [2.24, 2.45) is 0 Å². The number of halogens is 1. The van der Waals surface area contributed by atoms with E-state index in [1.54, 1.807) is 0 Å². The van der Waals surface area contributed by atoms with Crippen LogP contribution in [0.2, 0.25) is 0 Å². The molecule has 0 saturated carbocycles. The van der Waals surface area contributed by atoms with Crippen LogP contribution in [-0.4, -0.2) is 13.1 Å². The van der Waals surface area contributed by atoms with Crippen LogP contribution >= 0.6 is 0 Å². The molecule has 2 aromatic carbocycles. The summed E-state index contributed by atoms with van der Waals surface area (Å²) in [6.45, 7) is 4.53. The maximum atomic E-state index is 2.27. The summed E-state index contributed by atoms with van der Waals surface area (Å²) in [5.74, 6) is 0. The Balaban J connectivity index is 0.00000162. The SMILES string of the molecule is CC(C)[N+](C)(c1ccccc1)c1ccccc1.[Cl-]. The molecule has 2 rings (SSSR count). The third-order valence-electron chi connectivity index (χ3n) is 3.62. The molecule has 96 valence electrons. The van der Waals surface area contributed by atoms with Crippen molar-refractivity contribution in [2.45, 2.75) is 19.9 Å². The van der Waals surface area contributed by atoms with E-state index in [2.05, 4.69) is 81.6 Å². The maximum Gasteiger partial charge on any atom is 0.137 e. The first kappa shape index (κ1) is 14.7. The third kappa shape index (κ3) is 2.58. The van der Waals surface area contributed by atoms with Crippen LogP contribution in [0.3, 0.4) is 0 Å². The molecule has 0 heterocycles. The second kappa shape index (κ2) is 6.03. The van der Waals surface area contributed by atoms with Crippen molar-refractivity contribution in [3.63, 3.8) is 0 Å². The zero-order chi connectivity index (χ0) is 12.3. The summed E-state index contributed by atoms with van der Waals surface area (Å²) in [4.78, 5) is 0. The minimum atomic E-state index is 0. The summed E-state index contributed by atoms with van der Waals surface area (Å²) in [5.41, 5.74) is 2.66. The van der Waals surface area contributed by atoms with E-state index in [0.29, 0.717) is 6.04 Å². The van der Waals surface area contributed by atoms with Crippen molar-refractivity contribution in [1.82, 2.24) is 4.48 Å². The number of rotatable bonds is 3. The van der Waals surface area contributed by atoms with Crippen molar-refractivity contribution in [1.29, 1.82) is 0 Å². The Kier molecular flexibility index (Phi) is 4.94. The van der Waals surface area contributed by atoms with E-state index in [0.717, 1.165) is 4.48 Å². The molecule has 0 aliphatic heterocycles. The van der Waals surface area contributed by atoms with Gasteiger partial charge in [0.2, 0.25) is 0 Å². The van der Waals surface area contributed by atoms with Gasteiger partial charge in [0, 0.05) is 0 Å². The van der Waals surface area contributed by atoms with Crippen molar-refractivity contribution in [3.05, 3.63) is 60.7 Å². The molecule has 0 bridgehead atoms. The summed E-state index contributed by atoms with van der Waals surface area (Å²) in [5, 5.41) is 0. The Labute approximate surface area is 116 Å². The first-order valence-electron chi connectivity index (χ1n) is 6.13. The van der Waals surface area contributed by atoms with Crippen molar-refractivity contribution in [3.8, 4) is 0 Å². The minimum absolute atomic E-state index is 0. The standard InChI is InChI=1S/C16H20N.ClH/c1-14(2)17(3,15-10-6-4-7-11-15)16-12-8-5-9-13-16;/h4-14H,1-3H3;1H/q+1;/p-1. The molecular weight excluding hydrogens is 242 g/mol. The molecule has 0 radical (unpaired) electrons. The lowest BCUT2D eigenvalue weighted by atomic mass is 10.1. The summed E-state index contributed by atoms with van der Waals surface area (Å²) in [6.07, 6.45) is 0. The van der Waals surface area contributed by atoms with Crippen LogP contribution in [-0.2, 0) is 0 Å². The molecule has 0 atom stereocenters. The van der Waals surface area contributed by atoms with Gasteiger partial charge in [0.05, 0.1) is 13.1 Å². The first-order valence-corrected chi connectivity index (χ1v) is 6.13. The Bertz CT molecular complexity index is 425. The van der Waals surface area contributed by atoms with Crippen LogP contribution in [0.5, 0.6) is 0 Å². The fourth-order valence-corrected chi connectivity index (χ4v) is 2.22. The summed E-state index contributed by atoms with van der Waals surface area (Å²) < 4.78 is 0.835. The van der Waals surface area contributed by atoms with Gasteiger partial charge in [0.25, 0.3) is 0 Å². The molecule has 2 aromatic rings. The number of nitrogens with zero attached hydrogens (tertiary/aromatic N) is 1. The zero-order valence-corrected chi connectivity index (χ0v) is 11.9. The normalized spacial score (nSPS) is 11.1. The Morgan fingerprint density at radius 2 is 1.06 bits per heavy atom. The first-order chi connectivity index (χ1) is 8.15. The highest BCUT2D eigenvalue weighted by atomic mass is 35.5. The van der Waals surface area contributed by atoms with E-state index in [4.69, 9.17) is 0 Å². The topological polar surface area (TPSA) is 0 Å². The zero-order valence-electron chi connectivity index (χ0n) is 11.2. The fourth-order valence-electron chi connectivity index (χ4n) is 2.22. The lowest BCUT2D eigenvalue weighted by Gasteiger charge is -2.37. The monoisotopic (exact) mass is 261 g/mol. The van der Waals surface area contributed by atoms with Crippen LogP contribution in [0, 0.1) is 0 Å². The molecule has 0 saturated heterocycles. The maximum absolute atomic E-state index is 2.27. The molecule has 0 unspecified atom stereocenters. The fraction of sp³-hybridized carbons (Fsp3) is 0.250. The van der Waals surface area contributed by atoms with Crippen LogP contribution in [0.4, 0.5) is 11.4 Å². The summed E-state index contributed by atoms with van der Waals surface area (Å²) >= 11 is 0. The van der Waals surface area contributed by atoms with Crippen LogP contribution in [0.25, 0.3) is 0 Å². The molecule has 0 fully saturated rings. The van der Waals surface area contributed by atoms with Crippen LogP contribution in [0.1, 0.15) is 13.8 Å². The van der Waals surface area contributed by atoms with Crippen molar-refractivity contribution >= 4 is 11.4 Å². The average molecular weight is 262 g/mol. The number of hydrogen-bond donors (Lipinski definition) is 0. The highest BCUT2D eigenvalue weighted by Crippen LogP contribution is 2.34. The van der Waals surface area contributed by atoms with Gasteiger partial charge in [-0.2, -0.15) is 0 Å². The van der Waals surface area contributed by atoms with Crippen molar-refractivity contribution in [2.75, 3.05) is 7.05 Å². The largest absolute Gasteiger partial charge is 1.00 e. The number of para-hydroxylation sites is 2. The van der Waals surface area contributed by atoms with Gasteiger partial charge < -0.3 is 12.4 Å². The van der Waals surface area contributed by atoms with E-state index in [9.17, 15) is 0 Å². The molecule has 0 aromatic heterocycles. The van der Waals surface area contributed by atoms with Gasteiger partial charge in [-0.05, 0) is 38.1 Å². The predicted octanol–water partition coefficient (Wildman–Crippen LogP) is 1.37. The molecule has 0 amide bonds. The molecule has 1 nitrogen and oxygen atoms in total. The molecule has 18 heavy (non-hydrogen) atoms. The quantitative estimate of drug-likeness (QED) is 0.733. The van der Waals surface area contributed by atoms with Gasteiger partial charge in [-0.3, -0.25) is 4.48 Å². The van der Waals surface area contributed by atoms with E-state index >= 15 is 0 Å². The molecule has 0 spiro atoms. The van der Waals surface area contributed by atoms with Gasteiger partial charge in [-0.25, -0.2) is 0 Å². The predicted molar refractivity (Wildman–Crippen MR) is 75.4 cm³/mol. The third-order valence-corrected chi connectivity index (χ3v) is 3.62. The number of quaternary nitrogens is 1. The summed E-state index contributed by atoms with van der Waals surface area (Å²) in [6, 6.07) is 21.9. The van der Waals surface area contributed by atoms with Gasteiger partial charge in [-0.1, -0.05) is 36.4 Å². The molecule has 0 N–H and O–H groups in total. The van der Waals surface area contributed by atoms with E-state index in [-0.39, 0.29) is 12.4 Å². The molecular formula is C16H20ClN. The second-order valence-electron chi connectivity index (χ2n) is 4.84. The highest BCUT2D eigenvalue weighted by Gasteiger charge is 2.31. The number of benzene rings is 2. The van der Waals surface area contributed by atoms with Crippen molar-refractivity contribution < 1.29 is 12.4 Å². The smallest absolute Gasteiger partial charge is 0.137 e. The lowest BCUT2D eigenvalue weighted by Crippen LogP contribution is -3.00. The highest BCUT2D eigenvalue weighted by molar-refractivity contribution is 5.58. The summed E-state index contributed by atoms with van der Waals surface area (Å²) in [7, 11) is 2.27. The lowest BCUT2D eigenvalue weighted by molar-refractivity contribution is -0.00000360. The van der Waals surface area contributed by atoms with Gasteiger partial charge in [-0.15, -0.1) is 0 Å². The Morgan fingerprint density at radius 3 is 1.33 bits per heavy atom. The second-order valence-corrected chi connectivity index (χ2v) is 4.84. The van der Waals surface area contributed by atoms with Gasteiger partial charge in [0.15, 0.2) is 0 Å². The van der Waals surface area contributed by atoms with E-state index < -0.39 is 0 Å². The van der Waals surface area contributed by atoms with Crippen LogP contribution in [0.15, 0.2) is 60.7 Å².